The fourth-order valence-corrected chi connectivity index (χ4v) is 11.6. The minimum absolute atomic E-state index is 0.165. The zero-order valence-electron chi connectivity index (χ0n) is 48.8. The minimum atomic E-state index is -0.202. The molecule has 0 aliphatic heterocycles. The van der Waals surface area contributed by atoms with Crippen molar-refractivity contribution in [3.05, 3.63) is 267 Å². The summed E-state index contributed by atoms with van der Waals surface area (Å²) < 4.78 is 17.5. The average molecular weight is 1380 g/mol. The van der Waals surface area contributed by atoms with Gasteiger partial charge in [0.2, 0.25) is 17.6 Å². The first-order valence-electron chi connectivity index (χ1n) is 27.9. The predicted molar refractivity (Wildman–Crippen MR) is 366 cm³/mol. The van der Waals surface area contributed by atoms with Gasteiger partial charge in [-0.3, -0.25) is 44.9 Å². The van der Waals surface area contributed by atoms with E-state index in [0.717, 1.165) is 97.3 Å². The van der Waals surface area contributed by atoms with Crippen LogP contribution in [0.2, 0.25) is 10.0 Å². The molecule has 0 saturated heterocycles. The highest BCUT2D eigenvalue weighted by Crippen LogP contribution is 2.37. The second-order valence-corrected chi connectivity index (χ2v) is 22.9. The summed E-state index contributed by atoms with van der Waals surface area (Å²) in [5.41, 5.74) is 27.0. The number of aromatic nitrogens is 13. The molecule has 4 aromatic carbocycles. The average Bonchev–Trinajstić information content (AvgIpc) is 1.93. The predicted octanol–water partition coefficient (Wildman–Crippen LogP) is 14.2. The number of hydrogen-bond donors (Lipinski definition) is 4. The van der Waals surface area contributed by atoms with Gasteiger partial charge in [-0.2, -0.15) is 0 Å². The van der Waals surface area contributed by atoms with Gasteiger partial charge in [-0.1, -0.05) is 64.9 Å². The zero-order chi connectivity index (χ0) is 63.1. The van der Waals surface area contributed by atoms with E-state index in [2.05, 4.69) is 110 Å². The van der Waals surface area contributed by atoms with Crippen molar-refractivity contribution in [3.8, 4) is 28.8 Å². The number of benzene rings is 4. The first kappa shape index (κ1) is 62.4. The number of nitrogens with two attached hydrogens (primary N) is 2. The molecule has 91 heavy (non-hydrogen) atoms. The quantitative estimate of drug-likeness (QED) is 0.0737. The van der Waals surface area contributed by atoms with Crippen molar-refractivity contribution in [2.24, 2.45) is 5.73 Å². The smallest absolute Gasteiger partial charge is 0.212 e. The first-order chi connectivity index (χ1) is 44.5. The van der Waals surface area contributed by atoms with Crippen molar-refractivity contribution in [1.29, 1.82) is 0 Å². The van der Waals surface area contributed by atoms with Crippen LogP contribution in [0.5, 0.6) is 17.6 Å². The fourth-order valence-electron chi connectivity index (χ4n) is 9.57. The third-order valence-electron chi connectivity index (χ3n) is 13.9. The number of methoxy groups -OCH3 is 3. The molecule has 0 aliphatic carbocycles. The molecule has 24 heteroatoms. The number of nitrogen functional groups attached to an aromatic ring is 1. The highest BCUT2D eigenvalue weighted by molar-refractivity contribution is 14.1. The summed E-state index contributed by atoms with van der Waals surface area (Å²) in [6, 6.07) is 40.3. The van der Waals surface area contributed by atoms with Crippen molar-refractivity contribution < 1.29 is 14.2 Å². The normalized spacial score (nSPS) is 11.8. The molecule has 0 radical (unpaired) electrons. The van der Waals surface area contributed by atoms with Crippen LogP contribution < -0.4 is 36.3 Å². The van der Waals surface area contributed by atoms with Crippen LogP contribution in [0.3, 0.4) is 0 Å². The molecule has 14 rings (SSSR count). The zero-order valence-corrected chi connectivity index (χ0v) is 53.2. The molecule has 10 aromatic heterocycles. The number of nitrogens with one attached hydrogen (secondary N) is 2. The summed E-state index contributed by atoms with van der Waals surface area (Å²) >= 11 is 16.0. The monoisotopic (exact) mass is 1370 g/mol. The van der Waals surface area contributed by atoms with Crippen LogP contribution in [0.4, 0.5) is 16.5 Å². The molecular formula is C67H54Cl2IN17O3S. The summed E-state index contributed by atoms with van der Waals surface area (Å²) in [6.45, 7) is 0. The van der Waals surface area contributed by atoms with Gasteiger partial charge in [-0.25, -0.2) is 19.9 Å². The summed E-state index contributed by atoms with van der Waals surface area (Å²) in [7, 11) is 4.79. The summed E-state index contributed by atoms with van der Waals surface area (Å²) in [5.74, 6) is 1.71. The molecule has 3 unspecified atom stereocenters. The molecular weight excluding hydrogens is 1320 g/mol. The van der Waals surface area contributed by atoms with Crippen LogP contribution in [0.1, 0.15) is 51.5 Å². The lowest BCUT2D eigenvalue weighted by atomic mass is 9.99. The van der Waals surface area contributed by atoms with Crippen LogP contribution >= 0.6 is 57.1 Å². The molecule has 14 aromatic rings. The number of halogens is 3. The van der Waals surface area contributed by atoms with Gasteiger partial charge in [0, 0.05) is 132 Å². The number of hydrogen-bond acceptors (Lipinski definition) is 21. The second-order valence-electron chi connectivity index (χ2n) is 19.8. The second kappa shape index (κ2) is 29.8. The van der Waals surface area contributed by atoms with E-state index in [9.17, 15) is 0 Å². The Morgan fingerprint density at radius 3 is 1.37 bits per heavy atom. The summed E-state index contributed by atoms with van der Waals surface area (Å²) in [5, 5.41) is 8.93. The van der Waals surface area contributed by atoms with Crippen molar-refractivity contribution in [2.75, 3.05) is 37.7 Å². The Bertz CT molecular complexity index is 4710. The van der Waals surface area contributed by atoms with Gasteiger partial charge in [0.05, 0.1) is 81.8 Å². The Balaban J connectivity index is 0.000000135. The molecule has 6 N–H and O–H groups in total. The summed E-state index contributed by atoms with van der Waals surface area (Å²) in [6.07, 6.45) is 26.0. The lowest BCUT2D eigenvalue weighted by molar-refractivity contribution is 0.397. The molecule has 20 nitrogen and oxygen atoms in total. The SMILES string of the molecule is COc1ccc(C(N)c2cccnc2)cn1.COc1ccc(C(Nc2cc(-c3ccc4sc(N)nc4c3)c3nccnc3c2)c2cccnc2)cn1.COc1ccc(C(Nc2cc(Cl)c3nccnc3c2)c2cccnc2)cn1.Clc1cc(I)cc2nccnc12. The summed E-state index contributed by atoms with van der Waals surface area (Å²) in [4.78, 5) is 56.1. The topological polar surface area (TPSA) is 271 Å². The number of anilines is 3. The highest BCUT2D eigenvalue weighted by Gasteiger charge is 2.20. The lowest BCUT2D eigenvalue weighted by Gasteiger charge is -2.21. The van der Waals surface area contributed by atoms with E-state index in [4.69, 9.17) is 48.9 Å². The van der Waals surface area contributed by atoms with E-state index >= 15 is 0 Å². The van der Waals surface area contributed by atoms with Crippen LogP contribution in [0.25, 0.3) is 54.4 Å². The van der Waals surface area contributed by atoms with Gasteiger partial charge in [-0.15, -0.1) is 0 Å². The van der Waals surface area contributed by atoms with Crippen molar-refractivity contribution in [3.63, 3.8) is 0 Å². The van der Waals surface area contributed by atoms with Gasteiger partial charge >= 0.3 is 0 Å². The van der Waals surface area contributed by atoms with Gasteiger partial charge in [0.1, 0.15) is 11.0 Å². The number of nitrogens with zero attached hydrogens (tertiary/aromatic N) is 13. The van der Waals surface area contributed by atoms with Gasteiger partial charge in [0.25, 0.3) is 0 Å². The van der Waals surface area contributed by atoms with Crippen LogP contribution in [0, 0.1) is 3.57 Å². The Morgan fingerprint density at radius 1 is 0.440 bits per heavy atom. The largest absolute Gasteiger partial charge is 0.481 e. The van der Waals surface area contributed by atoms with Crippen molar-refractivity contribution in [2.45, 2.75) is 18.1 Å². The lowest BCUT2D eigenvalue weighted by Crippen LogP contribution is -2.13. The molecule has 0 saturated carbocycles. The van der Waals surface area contributed by atoms with E-state index in [1.165, 1.54) is 11.3 Å². The van der Waals surface area contributed by atoms with Crippen LogP contribution in [-0.2, 0) is 0 Å². The maximum absolute atomic E-state index is 6.39. The maximum Gasteiger partial charge on any atom is 0.212 e. The Kier molecular flexibility index (Phi) is 20.5. The Hall–Kier alpha value is -10.2. The molecule has 452 valence electrons. The molecule has 0 aliphatic rings. The van der Waals surface area contributed by atoms with Crippen molar-refractivity contribution in [1.82, 2.24) is 64.8 Å². The molecule has 0 amide bonds. The number of fused-ring (bicyclic) bond motifs is 4. The van der Waals surface area contributed by atoms with E-state index in [-0.39, 0.29) is 18.1 Å². The minimum Gasteiger partial charge on any atom is -0.481 e. The number of thiazole rings is 1. The fraction of sp³-hybridized carbons (Fsp3) is 0.0896. The van der Waals surface area contributed by atoms with Crippen LogP contribution in [0.15, 0.2) is 220 Å². The molecule has 10 heterocycles. The molecule has 3 atom stereocenters. The van der Waals surface area contributed by atoms with Gasteiger partial charge < -0.3 is 36.3 Å². The van der Waals surface area contributed by atoms with E-state index in [1.807, 2.05) is 128 Å². The highest BCUT2D eigenvalue weighted by atomic mass is 127. The standard InChI is InChI=1S/C27H21N7OS.C20H16ClN5O.C12H13N3O.C8H4ClIN2/c1-35-24-7-5-18(15-32-24)25(17-3-2-8-29-14-17)33-19-12-20(26-22(13-19)30-9-10-31-26)16-4-6-23-21(11-16)34-27(28)36-23;1-27-18-5-4-14(12-25-18)19(13-3-2-6-22-11-13)26-15-9-16(21)20-17(10-15)23-7-8-24-20;1-16-11-5-4-10(8-15-11)12(13)9-3-2-6-14-7-9;9-6-3-5(10)4-7-8(6)12-2-1-11-7/h2-15,25,33H,1H3,(H2,28,34);2-12,19,26H,1H3;2-8,12H,13H2,1H3;1-4H. The van der Waals surface area contributed by atoms with Gasteiger partial charge in [0.15, 0.2) is 5.13 Å². The third kappa shape index (κ3) is 15.6. The molecule has 0 bridgehead atoms. The number of pyridine rings is 6. The Morgan fingerprint density at radius 2 is 0.879 bits per heavy atom. The third-order valence-corrected chi connectivity index (χ3v) is 16.0. The van der Waals surface area contributed by atoms with E-state index < -0.39 is 0 Å². The van der Waals surface area contributed by atoms with Crippen LogP contribution in [-0.4, -0.2) is 86.1 Å². The number of rotatable bonds is 14. The van der Waals surface area contributed by atoms with Crippen molar-refractivity contribution >= 4 is 117 Å². The van der Waals surface area contributed by atoms with E-state index in [1.54, 1.807) is 102 Å². The number of ether oxygens (including phenoxy) is 3. The van der Waals surface area contributed by atoms with E-state index in [0.29, 0.717) is 38.3 Å². The first-order valence-corrected chi connectivity index (χ1v) is 30.5. The molecule has 0 spiro atoms. The van der Waals surface area contributed by atoms with Gasteiger partial charge in [-0.05, 0) is 140 Å². The Labute approximate surface area is 549 Å². The molecule has 0 fully saturated rings. The maximum atomic E-state index is 6.39.